The molecule has 2 aromatic rings. The summed E-state index contributed by atoms with van der Waals surface area (Å²) >= 11 is 6.30. The average Bonchev–Trinajstić information content (AvgIpc) is 2.78. The summed E-state index contributed by atoms with van der Waals surface area (Å²) in [5.74, 6) is 0.946. The van der Waals surface area contributed by atoms with Crippen molar-refractivity contribution in [1.82, 2.24) is 9.21 Å². The number of hydrogen-bond donors (Lipinski definition) is 0. The summed E-state index contributed by atoms with van der Waals surface area (Å²) in [6.07, 6.45) is 0.649. The average molecular weight is 467 g/mol. The maximum atomic E-state index is 13.3. The highest BCUT2D eigenvalue weighted by atomic mass is 35.5. The molecular formula is C22H27ClN2O5S. The molecule has 0 fully saturated rings. The van der Waals surface area contributed by atoms with Gasteiger partial charge < -0.3 is 14.4 Å². The SMILES string of the molecule is CCN(CC)S(=O)(=O)c1ccc(Cl)c(C(=O)N2CCc3cc(OC)c(OC)cc3C2)c1. The van der Waals surface area contributed by atoms with Gasteiger partial charge >= 0.3 is 0 Å². The van der Waals surface area contributed by atoms with Gasteiger partial charge in [-0.3, -0.25) is 4.79 Å². The Morgan fingerprint density at radius 1 is 1.06 bits per heavy atom. The molecule has 1 aliphatic rings. The zero-order chi connectivity index (χ0) is 22.8. The summed E-state index contributed by atoms with van der Waals surface area (Å²) in [4.78, 5) is 15.0. The van der Waals surface area contributed by atoms with Gasteiger partial charge in [0.25, 0.3) is 5.91 Å². The molecule has 0 unspecified atom stereocenters. The monoisotopic (exact) mass is 466 g/mol. The van der Waals surface area contributed by atoms with E-state index >= 15 is 0 Å². The maximum Gasteiger partial charge on any atom is 0.255 e. The fraction of sp³-hybridized carbons (Fsp3) is 0.409. The van der Waals surface area contributed by atoms with Gasteiger partial charge in [0.2, 0.25) is 10.0 Å². The summed E-state index contributed by atoms with van der Waals surface area (Å²) in [5, 5.41) is 0.224. The summed E-state index contributed by atoms with van der Waals surface area (Å²) in [6, 6.07) is 8.09. The van der Waals surface area contributed by atoms with Crippen LogP contribution in [0.3, 0.4) is 0 Å². The second-order valence-electron chi connectivity index (χ2n) is 7.18. The number of nitrogens with zero attached hydrogens (tertiary/aromatic N) is 2. The Morgan fingerprint density at radius 3 is 2.26 bits per heavy atom. The Morgan fingerprint density at radius 2 is 1.68 bits per heavy atom. The van der Waals surface area contributed by atoms with Crippen molar-refractivity contribution in [3.05, 3.63) is 52.0 Å². The standard InChI is InChI=1S/C22H27ClN2O5S/c1-5-25(6-2)31(27,28)17-7-8-19(23)18(13-17)22(26)24-10-9-15-11-20(29-3)21(30-4)12-16(15)14-24/h7-8,11-13H,5-6,9-10,14H2,1-4H3. The Labute approximate surface area is 188 Å². The van der Waals surface area contributed by atoms with Crippen molar-refractivity contribution in [3.63, 3.8) is 0 Å². The largest absolute Gasteiger partial charge is 0.493 e. The third kappa shape index (κ3) is 4.51. The molecule has 3 rings (SSSR count). The molecule has 0 aromatic heterocycles. The van der Waals surface area contributed by atoms with Gasteiger partial charge in [0.1, 0.15) is 0 Å². The number of ether oxygens (including phenoxy) is 2. The zero-order valence-corrected chi connectivity index (χ0v) is 19.7. The minimum absolute atomic E-state index is 0.0627. The molecule has 1 heterocycles. The van der Waals surface area contributed by atoms with Crippen molar-refractivity contribution in [3.8, 4) is 11.5 Å². The van der Waals surface area contributed by atoms with E-state index in [0.29, 0.717) is 44.1 Å². The second-order valence-corrected chi connectivity index (χ2v) is 9.53. The Kier molecular flexibility index (Phi) is 7.13. The molecule has 0 saturated carbocycles. The van der Waals surface area contributed by atoms with Gasteiger partial charge in [0.05, 0.1) is 29.7 Å². The lowest BCUT2D eigenvalue weighted by Crippen LogP contribution is -2.36. The third-order valence-electron chi connectivity index (χ3n) is 5.52. The fourth-order valence-electron chi connectivity index (χ4n) is 3.77. The number of carbonyl (C=O) groups excluding carboxylic acids is 1. The first-order valence-electron chi connectivity index (χ1n) is 10.1. The molecule has 0 aliphatic carbocycles. The number of carbonyl (C=O) groups is 1. The van der Waals surface area contributed by atoms with Crippen molar-refractivity contribution in [2.45, 2.75) is 31.7 Å². The van der Waals surface area contributed by atoms with E-state index in [0.717, 1.165) is 11.1 Å². The van der Waals surface area contributed by atoms with Crippen LogP contribution in [0.1, 0.15) is 35.3 Å². The van der Waals surface area contributed by atoms with Crippen LogP contribution >= 0.6 is 11.6 Å². The van der Waals surface area contributed by atoms with Gasteiger partial charge in [-0.05, 0) is 47.9 Å². The zero-order valence-electron chi connectivity index (χ0n) is 18.1. The highest BCUT2D eigenvalue weighted by Gasteiger charge is 2.28. The second kappa shape index (κ2) is 9.46. The predicted molar refractivity (Wildman–Crippen MR) is 120 cm³/mol. The van der Waals surface area contributed by atoms with Crippen LogP contribution in [-0.4, -0.2) is 57.4 Å². The van der Waals surface area contributed by atoms with E-state index in [-0.39, 0.29) is 21.4 Å². The van der Waals surface area contributed by atoms with Crippen LogP contribution < -0.4 is 9.47 Å². The Hall–Kier alpha value is -2.29. The lowest BCUT2D eigenvalue weighted by molar-refractivity contribution is 0.0734. The van der Waals surface area contributed by atoms with Crippen LogP contribution in [0.4, 0.5) is 0 Å². The molecule has 168 valence electrons. The number of fused-ring (bicyclic) bond motifs is 1. The number of benzene rings is 2. The highest BCUT2D eigenvalue weighted by molar-refractivity contribution is 7.89. The Balaban J connectivity index is 1.92. The normalized spacial score (nSPS) is 13.8. The molecule has 9 heteroatoms. The predicted octanol–water partition coefficient (Wildman–Crippen LogP) is 3.59. The van der Waals surface area contributed by atoms with Crippen LogP contribution in [-0.2, 0) is 23.0 Å². The number of amides is 1. The van der Waals surface area contributed by atoms with Crippen LogP contribution in [0.2, 0.25) is 5.02 Å². The molecule has 0 radical (unpaired) electrons. The van der Waals surface area contributed by atoms with Crippen LogP contribution in [0.15, 0.2) is 35.2 Å². The molecule has 1 amide bonds. The van der Waals surface area contributed by atoms with Crippen molar-refractivity contribution in [2.75, 3.05) is 33.9 Å². The first-order chi connectivity index (χ1) is 14.8. The number of halogens is 1. The number of rotatable bonds is 7. The first kappa shape index (κ1) is 23.4. The molecule has 7 nitrogen and oxygen atoms in total. The minimum Gasteiger partial charge on any atom is -0.493 e. The smallest absolute Gasteiger partial charge is 0.255 e. The minimum atomic E-state index is -3.70. The van der Waals surface area contributed by atoms with Crippen molar-refractivity contribution in [1.29, 1.82) is 0 Å². The van der Waals surface area contributed by atoms with E-state index in [9.17, 15) is 13.2 Å². The van der Waals surface area contributed by atoms with Gasteiger partial charge in [-0.15, -0.1) is 0 Å². The van der Waals surface area contributed by atoms with E-state index < -0.39 is 10.0 Å². The summed E-state index contributed by atoms with van der Waals surface area (Å²) in [6.45, 7) is 5.11. The molecule has 0 atom stereocenters. The fourth-order valence-corrected chi connectivity index (χ4v) is 5.45. The molecule has 0 bridgehead atoms. The van der Waals surface area contributed by atoms with E-state index in [1.807, 2.05) is 12.1 Å². The molecule has 0 N–H and O–H groups in total. The van der Waals surface area contributed by atoms with Gasteiger partial charge in [-0.1, -0.05) is 25.4 Å². The summed E-state index contributed by atoms with van der Waals surface area (Å²) < 4.78 is 37.9. The van der Waals surface area contributed by atoms with Gasteiger partial charge in [0, 0.05) is 26.2 Å². The van der Waals surface area contributed by atoms with Gasteiger partial charge in [-0.25, -0.2) is 8.42 Å². The van der Waals surface area contributed by atoms with Crippen molar-refractivity contribution in [2.24, 2.45) is 0 Å². The summed E-state index contributed by atoms with van der Waals surface area (Å²) in [7, 11) is -0.542. The molecule has 31 heavy (non-hydrogen) atoms. The van der Waals surface area contributed by atoms with E-state index in [1.54, 1.807) is 33.0 Å². The quantitative estimate of drug-likeness (QED) is 0.623. The van der Waals surface area contributed by atoms with Gasteiger partial charge in [0.15, 0.2) is 11.5 Å². The van der Waals surface area contributed by atoms with Gasteiger partial charge in [-0.2, -0.15) is 4.31 Å². The maximum absolute atomic E-state index is 13.3. The van der Waals surface area contributed by atoms with E-state index in [2.05, 4.69) is 0 Å². The number of hydrogen-bond acceptors (Lipinski definition) is 5. The first-order valence-corrected chi connectivity index (χ1v) is 11.9. The molecule has 2 aromatic carbocycles. The third-order valence-corrected chi connectivity index (χ3v) is 7.89. The summed E-state index contributed by atoms with van der Waals surface area (Å²) in [5.41, 5.74) is 2.23. The molecule has 0 saturated heterocycles. The van der Waals surface area contributed by atoms with Crippen molar-refractivity contribution >= 4 is 27.5 Å². The Bertz CT molecular complexity index is 1080. The lowest BCUT2D eigenvalue weighted by atomic mass is 9.98. The van der Waals surface area contributed by atoms with Crippen LogP contribution in [0.5, 0.6) is 11.5 Å². The highest BCUT2D eigenvalue weighted by Crippen LogP contribution is 2.34. The molecule has 1 aliphatic heterocycles. The topological polar surface area (TPSA) is 76.2 Å². The van der Waals surface area contributed by atoms with Crippen LogP contribution in [0.25, 0.3) is 0 Å². The molecular weight excluding hydrogens is 440 g/mol. The number of methoxy groups -OCH3 is 2. The van der Waals surface area contributed by atoms with Crippen molar-refractivity contribution < 1.29 is 22.7 Å². The lowest BCUT2D eigenvalue weighted by Gasteiger charge is -2.30. The van der Waals surface area contributed by atoms with Crippen LogP contribution in [0, 0.1) is 0 Å². The molecule has 0 spiro atoms. The van der Waals surface area contributed by atoms with E-state index in [1.165, 1.54) is 22.5 Å². The number of sulfonamides is 1. The van der Waals surface area contributed by atoms with E-state index in [4.69, 9.17) is 21.1 Å².